The van der Waals surface area contributed by atoms with Crippen molar-refractivity contribution in [1.82, 2.24) is 0 Å². The summed E-state index contributed by atoms with van der Waals surface area (Å²) in [6.45, 7) is -1.05. The molecule has 20 heavy (non-hydrogen) atoms. The zero-order valence-electron chi connectivity index (χ0n) is 9.10. The normalized spacial score (nSPS) is 14.7. The van der Waals surface area contributed by atoms with E-state index in [2.05, 4.69) is 15.1 Å². The predicted octanol–water partition coefficient (Wildman–Crippen LogP) is 5.99. The van der Waals surface area contributed by atoms with Crippen LogP contribution in [0.1, 0.15) is 0 Å². The Morgan fingerprint density at radius 3 is 0.950 bits per heavy atom. The SMILES string of the molecule is ClC(Cl)(Cl)COP(=[Se])(OCC(Cl)(Cl)Cl)OCC(Cl)(Cl)Cl. The number of hydrogen-bond acceptors (Lipinski definition) is 3. The molecule has 0 spiro atoms. The first-order chi connectivity index (χ1) is 8.62. The van der Waals surface area contributed by atoms with Crippen LogP contribution in [0.25, 0.3) is 0 Å². The molecule has 14 heteroatoms. The molecular formula is C6H6Cl9O3PSe. The van der Waals surface area contributed by atoms with E-state index >= 15 is 0 Å². The second-order valence-electron chi connectivity index (χ2n) is 3.11. The monoisotopic (exact) mass is 552 g/mol. The van der Waals surface area contributed by atoms with E-state index < -0.39 is 17.6 Å². The van der Waals surface area contributed by atoms with E-state index in [9.17, 15) is 0 Å². The van der Waals surface area contributed by atoms with Crippen LogP contribution >= 0.6 is 111 Å². The van der Waals surface area contributed by atoms with Crippen LogP contribution in [0.15, 0.2) is 0 Å². The van der Waals surface area contributed by atoms with Crippen molar-refractivity contribution in [2.45, 2.75) is 11.4 Å². The van der Waals surface area contributed by atoms with E-state index in [4.69, 9.17) is 118 Å². The second-order valence-corrected chi connectivity index (χ2v) is 15.1. The summed E-state index contributed by atoms with van der Waals surface area (Å²) >= 11 is 52.6. The van der Waals surface area contributed by atoms with Crippen LogP contribution in [-0.2, 0) is 13.6 Å². The van der Waals surface area contributed by atoms with Gasteiger partial charge in [0, 0.05) is 0 Å². The van der Waals surface area contributed by atoms with Crippen molar-refractivity contribution >= 4 is 126 Å². The summed E-state index contributed by atoms with van der Waals surface area (Å²) in [5.74, 6) is 0. The van der Waals surface area contributed by atoms with Crippen molar-refractivity contribution in [2.24, 2.45) is 0 Å². The Morgan fingerprint density at radius 1 is 0.600 bits per heavy atom. The maximum atomic E-state index is 5.56. The second kappa shape index (κ2) is 9.22. The summed E-state index contributed by atoms with van der Waals surface area (Å²) in [4.78, 5) is 0. The van der Waals surface area contributed by atoms with Gasteiger partial charge >= 0.3 is 170 Å². The molecule has 3 nitrogen and oxygen atoms in total. The van der Waals surface area contributed by atoms with Crippen molar-refractivity contribution in [2.75, 3.05) is 19.8 Å². The maximum absolute atomic E-state index is 5.56. The molecular weight excluding hydrogens is 549 g/mol. The van der Waals surface area contributed by atoms with E-state index in [1.54, 1.807) is 0 Å². The summed E-state index contributed by atoms with van der Waals surface area (Å²) in [5, 5.41) is 0. The number of halogens is 9. The summed E-state index contributed by atoms with van der Waals surface area (Å²) in [6.07, 6.45) is -3.14. The average Bonchev–Trinajstić information content (AvgIpc) is 2.18. The van der Waals surface area contributed by atoms with Gasteiger partial charge in [-0.2, -0.15) is 0 Å². The first-order valence-electron chi connectivity index (χ1n) is 4.36. The van der Waals surface area contributed by atoms with Gasteiger partial charge in [0.15, 0.2) is 0 Å². The molecule has 0 aliphatic rings. The molecule has 122 valence electrons. The molecule has 0 unspecified atom stereocenters. The van der Waals surface area contributed by atoms with Gasteiger partial charge in [-0.3, -0.25) is 0 Å². The summed E-state index contributed by atoms with van der Waals surface area (Å²) in [7, 11) is 0. The Hall–Kier alpha value is 3.44. The fourth-order valence-electron chi connectivity index (χ4n) is 0.569. The van der Waals surface area contributed by atoms with Gasteiger partial charge in [0.2, 0.25) is 0 Å². The van der Waals surface area contributed by atoms with Crippen molar-refractivity contribution in [1.29, 1.82) is 0 Å². The number of alkyl halides is 9. The first-order valence-corrected chi connectivity index (χ1v) is 11.5. The van der Waals surface area contributed by atoms with Gasteiger partial charge in [0.05, 0.1) is 0 Å². The van der Waals surface area contributed by atoms with E-state index in [1.165, 1.54) is 0 Å². The molecule has 0 aromatic heterocycles. The van der Waals surface area contributed by atoms with Gasteiger partial charge in [-0.25, -0.2) is 0 Å². The molecule has 0 saturated heterocycles. The quantitative estimate of drug-likeness (QED) is 0.229. The van der Waals surface area contributed by atoms with E-state index in [1.807, 2.05) is 0 Å². The van der Waals surface area contributed by atoms with Crippen molar-refractivity contribution in [3.8, 4) is 0 Å². The molecule has 0 aromatic carbocycles. The van der Waals surface area contributed by atoms with Gasteiger partial charge in [-0.15, -0.1) is 0 Å². The van der Waals surface area contributed by atoms with Crippen LogP contribution in [-0.4, -0.2) is 46.3 Å². The van der Waals surface area contributed by atoms with Crippen molar-refractivity contribution in [3.05, 3.63) is 0 Å². The third-order valence-electron chi connectivity index (χ3n) is 1.16. The summed E-state index contributed by atoms with van der Waals surface area (Å²) in [6, 6.07) is 0. The van der Waals surface area contributed by atoms with Crippen LogP contribution in [0.5, 0.6) is 0 Å². The molecule has 0 amide bonds. The molecule has 0 saturated carbocycles. The fraction of sp³-hybridized carbons (Fsp3) is 1.00. The molecule has 0 fully saturated rings. The van der Waals surface area contributed by atoms with Gasteiger partial charge in [0.25, 0.3) is 0 Å². The third kappa shape index (κ3) is 15.0. The van der Waals surface area contributed by atoms with Crippen molar-refractivity contribution in [3.63, 3.8) is 0 Å². The van der Waals surface area contributed by atoms with E-state index in [0.717, 1.165) is 0 Å². The zero-order valence-corrected chi connectivity index (χ0v) is 18.5. The predicted molar refractivity (Wildman–Crippen MR) is 91.4 cm³/mol. The summed E-state index contributed by atoms with van der Waals surface area (Å²) in [5.41, 5.74) is 0. The van der Waals surface area contributed by atoms with Crippen LogP contribution in [0.2, 0.25) is 0 Å². The Morgan fingerprint density at radius 2 is 0.800 bits per heavy atom. The molecule has 0 radical (unpaired) electrons. The molecule has 0 rings (SSSR count). The van der Waals surface area contributed by atoms with Gasteiger partial charge in [-0.05, 0) is 0 Å². The Labute approximate surface area is 169 Å². The van der Waals surface area contributed by atoms with E-state index in [0.29, 0.717) is 0 Å². The molecule has 0 N–H and O–H groups in total. The third-order valence-corrected chi connectivity index (χ3v) is 5.47. The number of rotatable bonds is 6. The molecule has 0 aliphatic carbocycles. The number of hydrogen-bond donors (Lipinski definition) is 0. The van der Waals surface area contributed by atoms with Crippen LogP contribution in [0.3, 0.4) is 0 Å². The Bertz CT molecular complexity index is 297. The molecule has 0 heterocycles. The average molecular weight is 555 g/mol. The molecule has 0 aromatic rings. The molecule has 0 aliphatic heterocycles. The zero-order chi connectivity index (χ0) is 16.2. The van der Waals surface area contributed by atoms with Crippen LogP contribution in [0, 0.1) is 0 Å². The fourth-order valence-corrected chi connectivity index (χ4v) is 4.02. The van der Waals surface area contributed by atoms with Gasteiger partial charge in [0.1, 0.15) is 0 Å². The summed E-state index contributed by atoms with van der Waals surface area (Å²) < 4.78 is 10.7. The minimum atomic E-state index is -3.14. The molecule has 0 bridgehead atoms. The van der Waals surface area contributed by atoms with Gasteiger partial charge in [-0.1, -0.05) is 0 Å². The van der Waals surface area contributed by atoms with Crippen LogP contribution in [0.4, 0.5) is 0 Å². The topological polar surface area (TPSA) is 27.7 Å². The Kier molecular flexibility index (Phi) is 10.8. The molecule has 0 atom stereocenters. The van der Waals surface area contributed by atoms with Crippen LogP contribution < -0.4 is 0 Å². The van der Waals surface area contributed by atoms with E-state index in [-0.39, 0.29) is 19.8 Å². The Balaban J connectivity index is 4.71. The van der Waals surface area contributed by atoms with Crippen molar-refractivity contribution < 1.29 is 13.6 Å². The standard InChI is InChI=1S/C6H6Cl9O3PSe/c7-4(8,9)1-16-19(20,17-2-5(10,11)12)18-3-6(13,14)15/h1-3H2. The first kappa shape index (κ1) is 23.4. The minimum absolute atomic E-state index is 0.349. The van der Waals surface area contributed by atoms with Gasteiger partial charge < -0.3 is 0 Å².